The number of furan rings is 1. The van der Waals surface area contributed by atoms with Gasteiger partial charge in [-0.3, -0.25) is 4.90 Å². The van der Waals surface area contributed by atoms with Crippen molar-refractivity contribution < 1.29 is 13.9 Å². The molecule has 4 nitrogen and oxygen atoms in total. The topological polar surface area (TPSA) is 42.7 Å². The van der Waals surface area contributed by atoms with Gasteiger partial charge in [-0.15, -0.1) is 0 Å². The summed E-state index contributed by atoms with van der Waals surface area (Å²) in [4.78, 5) is 13.4. The molecule has 0 saturated heterocycles. The van der Waals surface area contributed by atoms with Crippen LogP contribution >= 0.6 is 0 Å². The number of likely N-dealkylation sites (N-methyl/N-ethyl adjacent to an activating group) is 1. The van der Waals surface area contributed by atoms with Crippen LogP contribution in [0.3, 0.4) is 0 Å². The van der Waals surface area contributed by atoms with Crippen LogP contribution in [-0.4, -0.2) is 31.1 Å². The highest BCUT2D eigenvalue weighted by molar-refractivity contribution is 5.87. The van der Waals surface area contributed by atoms with Gasteiger partial charge < -0.3 is 9.15 Å². The van der Waals surface area contributed by atoms with E-state index in [9.17, 15) is 4.79 Å². The zero-order chi connectivity index (χ0) is 12.7. The molecule has 0 spiro atoms. The molecule has 4 heteroatoms. The van der Waals surface area contributed by atoms with Gasteiger partial charge >= 0.3 is 5.97 Å². The predicted octanol–water partition coefficient (Wildman–Crippen LogP) is 2.22. The van der Waals surface area contributed by atoms with Crippen molar-refractivity contribution in [2.24, 2.45) is 0 Å². The standard InChI is InChI=1S/C13H19NO3/c1-4-14(10-12-6-5-9-17-12)8-7-11(2)13(15)16-3/h5-7,9H,4,8,10H2,1-3H3. The van der Waals surface area contributed by atoms with Gasteiger partial charge in [0, 0.05) is 12.1 Å². The van der Waals surface area contributed by atoms with E-state index in [2.05, 4.69) is 16.6 Å². The molecule has 0 saturated carbocycles. The monoisotopic (exact) mass is 237 g/mol. The van der Waals surface area contributed by atoms with Crippen molar-refractivity contribution in [3.63, 3.8) is 0 Å². The Morgan fingerprint density at radius 1 is 1.59 bits per heavy atom. The number of nitrogens with zero attached hydrogens (tertiary/aromatic N) is 1. The van der Waals surface area contributed by atoms with Crippen LogP contribution in [0.1, 0.15) is 19.6 Å². The molecule has 0 aromatic carbocycles. The minimum absolute atomic E-state index is 0.279. The van der Waals surface area contributed by atoms with Gasteiger partial charge in [0.2, 0.25) is 0 Å². The molecule has 1 aromatic heterocycles. The van der Waals surface area contributed by atoms with Gasteiger partial charge in [-0.2, -0.15) is 0 Å². The first-order valence-corrected chi connectivity index (χ1v) is 5.67. The van der Waals surface area contributed by atoms with E-state index in [0.717, 1.165) is 18.8 Å². The lowest BCUT2D eigenvalue weighted by molar-refractivity contribution is -0.136. The van der Waals surface area contributed by atoms with Gasteiger partial charge in [0.05, 0.1) is 19.9 Å². The van der Waals surface area contributed by atoms with Crippen molar-refractivity contribution in [2.75, 3.05) is 20.2 Å². The van der Waals surface area contributed by atoms with Crippen molar-refractivity contribution in [3.8, 4) is 0 Å². The summed E-state index contributed by atoms with van der Waals surface area (Å²) in [6.45, 7) is 6.18. The molecule has 0 aliphatic carbocycles. The second kappa shape index (κ2) is 6.91. The highest BCUT2D eigenvalue weighted by Crippen LogP contribution is 2.06. The Balaban J connectivity index is 2.50. The number of carbonyl (C=O) groups is 1. The third kappa shape index (κ3) is 4.44. The second-order valence-electron chi connectivity index (χ2n) is 3.79. The molecule has 94 valence electrons. The summed E-state index contributed by atoms with van der Waals surface area (Å²) in [5, 5.41) is 0. The molecule has 0 unspecified atom stereocenters. The van der Waals surface area contributed by atoms with E-state index < -0.39 is 0 Å². The van der Waals surface area contributed by atoms with Crippen molar-refractivity contribution in [3.05, 3.63) is 35.8 Å². The van der Waals surface area contributed by atoms with Gasteiger partial charge in [-0.1, -0.05) is 13.0 Å². The summed E-state index contributed by atoms with van der Waals surface area (Å²) >= 11 is 0. The number of hydrogen-bond acceptors (Lipinski definition) is 4. The number of ether oxygens (including phenoxy) is 1. The van der Waals surface area contributed by atoms with Crippen LogP contribution < -0.4 is 0 Å². The molecule has 1 aromatic rings. The lowest BCUT2D eigenvalue weighted by atomic mass is 10.2. The fourth-order valence-corrected chi connectivity index (χ4v) is 1.44. The molecule has 0 amide bonds. The van der Waals surface area contributed by atoms with Crippen LogP contribution in [0.2, 0.25) is 0 Å². The van der Waals surface area contributed by atoms with E-state index in [1.807, 2.05) is 18.2 Å². The quantitative estimate of drug-likeness (QED) is 0.562. The Labute approximate surface area is 102 Å². The molecule has 1 heterocycles. The minimum atomic E-state index is -0.279. The largest absolute Gasteiger partial charge is 0.468 e. The Hall–Kier alpha value is -1.55. The van der Waals surface area contributed by atoms with E-state index in [1.165, 1.54) is 7.11 Å². The highest BCUT2D eigenvalue weighted by Gasteiger charge is 2.06. The second-order valence-corrected chi connectivity index (χ2v) is 3.79. The molecule has 0 aliphatic heterocycles. The average molecular weight is 237 g/mol. The summed E-state index contributed by atoms with van der Waals surface area (Å²) in [6.07, 6.45) is 3.54. The van der Waals surface area contributed by atoms with Crippen molar-refractivity contribution in [1.82, 2.24) is 4.90 Å². The normalized spacial score (nSPS) is 11.9. The van der Waals surface area contributed by atoms with Crippen LogP contribution in [-0.2, 0) is 16.1 Å². The molecule has 1 rings (SSSR count). The third-order valence-electron chi connectivity index (χ3n) is 2.57. The first-order chi connectivity index (χ1) is 8.17. The van der Waals surface area contributed by atoms with Gasteiger partial charge in [0.1, 0.15) is 5.76 Å². The highest BCUT2D eigenvalue weighted by atomic mass is 16.5. The molecule has 0 radical (unpaired) electrons. The van der Waals surface area contributed by atoms with Gasteiger partial charge in [0.25, 0.3) is 0 Å². The number of carbonyl (C=O) groups excluding carboxylic acids is 1. The van der Waals surface area contributed by atoms with Crippen molar-refractivity contribution in [1.29, 1.82) is 0 Å². The van der Waals surface area contributed by atoms with Crippen LogP contribution in [0, 0.1) is 0 Å². The van der Waals surface area contributed by atoms with E-state index in [1.54, 1.807) is 13.2 Å². The van der Waals surface area contributed by atoms with Crippen molar-refractivity contribution in [2.45, 2.75) is 20.4 Å². The number of methoxy groups -OCH3 is 1. The molecular formula is C13H19NO3. The molecule has 0 atom stereocenters. The van der Waals surface area contributed by atoms with E-state index in [4.69, 9.17) is 4.42 Å². The lowest BCUT2D eigenvalue weighted by Crippen LogP contribution is -2.23. The summed E-state index contributed by atoms with van der Waals surface area (Å²) in [7, 11) is 1.39. The maximum atomic E-state index is 11.2. The SMILES string of the molecule is CCN(CC=C(C)C(=O)OC)Cc1ccco1. The van der Waals surface area contributed by atoms with E-state index in [-0.39, 0.29) is 5.97 Å². The first kappa shape index (κ1) is 13.5. The number of esters is 1. The minimum Gasteiger partial charge on any atom is -0.468 e. The van der Waals surface area contributed by atoms with Gasteiger partial charge in [-0.25, -0.2) is 4.79 Å². The third-order valence-corrected chi connectivity index (χ3v) is 2.57. The fraction of sp³-hybridized carbons (Fsp3) is 0.462. The zero-order valence-electron chi connectivity index (χ0n) is 10.6. The summed E-state index contributed by atoms with van der Waals surface area (Å²) < 4.78 is 9.93. The van der Waals surface area contributed by atoms with E-state index >= 15 is 0 Å². The van der Waals surface area contributed by atoms with Crippen LogP contribution in [0.15, 0.2) is 34.5 Å². The van der Waals surface area contributed by atoms with E-state index in [0.29, 0.717) is 12.1 Å². The molecule has 0 N–H and O–H groups in total. The molecule has 0 aliphatic rings. The van der Waals surface area contributed by atoms with Crippen molar-refractivity contribution >= 4 is 5.97 Å². The fourth-order valence-electron chi connectivity index (χ4n) is 1.44. The van der Waals surface area contributed by atoms with Crippen LogP contribution in [0.4, 0.5) is 0 Å². The Bertz CT molecular complexity index is 368. The number of rotatable bonds is 6. The van der Waals surface area contributed by atoms with Gasteiger partial charge in [0.15, 0.2) is 0 Å². The number of hydrogen-bond donors (Lipinski definition) is 0. The average Bonchev–Trinajstić information content (AvgIpc) is 2.85. The Morgan fingerprint density at radius 2 is 2.35 bits per heavy atom. The maximum absolute atomic E-state index is 11.2. The zero-order valence-corrected chi connectivity index (χ0v) is 10.6. The van der Waals surface area contributed by atoms with Crippen LogP contribution in [0.5, 0.6) is 0 Å². The Kier molecular flexibility index (Phi) is 5.49. The lowest BCUT2D eigenvalue weighted by Gasteiger charge is -2.17. The Morgan fingerprint density at radius 3 is 2.88 bits per heavy atom. The molecule has 0 fully saturated rings. The smallest absolute Gasteiger partial charge is 0.333 e. The molecule has 0 bridgehead atoms. The summed E-state index contributed by atoms with van der Waals surface area (Å²) in [5.74, 6) is 0.648. The molecular weight excluding hydrogens is 218 g/mol. The van der Waals surface area contributed by atoms with Gasteiger partial charge in [-0.05, 0) is 25.6 Å². The molecule has 17 heavy (non-hydrogen) atoms. The predicted molar refractivity (Wildman–Crippen MR) is 65.4 cm³/mol. The van der Waals surface area contributed by atoms with Crippen LogP contribution in [0.25, 0.3) is 0 Å². The first-order valence-electron chi connectivity index (χ1n) is 5.67. The summed E-state index contributed by atoms with van der Waals surface area (Å²) in [5.41, 5.74) is 0.630. The maximum Gasteiger partial charge on any atom is 0.333 e. The summed E-state index contributed by atoms with van der Waals surface area (Å²) in [6, 6.07) is 3.82.